The van der Waals surface area contributed by atoms with Crippen LogP contribution in [-0.4, -0.2) is 34.4 Å². The van der Waals surface area contributed by atoms with Gasteiger partial charge < -0.3 is 15.5 Å². The summed E-state index contributed by atoms with van der Waals surface area (Å²) in [5.41, 5.74) is -0.0697. The molecule has 1 aromatic carbocycles. The van der Waals surface area contributed by atoms with Gasteiger partial charge in [0.25, 0.3) is 5.56 Å². The van der Waals surface area contributed by atoms with Crippen LogP contribution < -0.4 is 21.1 Å². The van der Waals surface area contributed by atoms with Crippen LogP contribution in [0.3, 0.4) is 0 Å². The number of hydrogen-bond acceptors (Lipinski definition) is 5. The molecule has 0 bridgehead atoms. The third-order valence-electron chi connectivity index (χ3n) is 5.72. The standard InChI is InChI=1S/C21H24FN5O3/c1-2-14-8-3-4-9-27(14)21-25-18-17(20(30)26-21)15(11-16(28)24-18)19(29)23-13-7-5-6-12(22)10-13/h5-7,10,14-15H,2-4,8-9,11H2,1H3,(H,23,29)(H2,24,25,26,28,30)/t14-,15-/m0/s1. The van der Waals surface area contributed by atoms with Crippen LogP contribution in [-0.2, 0) is 9.59 Å². The minimum absolute atomic E-state index is 0.116. The highest BCUT2D eigenvalue weighted by Crippen LogP contribution is 2.31. The molecule has 1 aromatic heterocycles. The van der Waals surface area contributed by atoms with Crippen molar-refractivity contribution in [2.24, 2.45) is 0 Å². The van der Waals surface area contributed by atoms with E-state index in [1.807, 2.05) is 0 Å². The number of H-pyrrole nitrogens is 1. The molecular weight excluding hydrogens is 389 g/mol. The van der Waals surface area contributed by atoms with Crippen molar-refractivity contribution in [2.75, 3.05) is 22.1 Å². The van der Waals surface area contributed by atoms with Crippen molar-refractivity contribution in [3.63, 3.8) is 0 Å². The van der Waals surface area contributed by atoms with Gasteiger partial charge in [0, 0.05) is 24.7 Å². The van der Waals surface area contributed by atoms with Gasteiger partial charge >= 0.3 is 0 Å². The van der Waals surface area contributed by atoms with Gasteiger partial charge in [-0.3, -0.25) is 19.4 Å². The summed E-state index contributed by atoms with van der Waals surface area (Å²) in [4.78, 5) is 47.4. The smallest absolute Gasteiger partial charge is 0.258 e. The first kappa shape index (κ1) is 20.1. The number of rotatable bonds is 4. The highest BCUT2D eigenvalue weighted by molar-refractivity contribution is 6.04. The Morgan fingerprint density at radius 3 is 2.93 bits per heavy atom. The molecule has 158 valence electrons. The number of amides is 2. The summed E-state index contributed by atoms with van der Waals surface area (Å²) in [5, 5.41) is 5.22. The summed E-state index contributed by atoms with van der Waals surface area (Å²) >= 11 is 0. The zero-order valence-corrected chi connectivity index (χ0v) is 16.7. The number of fused-ring (bicyclic) bond motifs is 1. The van der Waals surface area contributed by atoms with Crippen LogP contribution in [0.2, 0.25) is 0 Å². The van der Waals surface area contributed by atoms with E-state index >= 15 is 0 Å². The van der Waals surface area contributed by atoms with Gasteiger partial charge in [-0.05, 0) is 43.9 Å². The van der Waals surface area contributed by atoms with Crippen molar-refractivity contribution in [2.45, 2.75) is 51.0 Å². The van der Waals surface area contributed by atoms with E-state index < -0.39 is 29.1 Å². The number of nitrogens with one attached hydrogen (secondary N) is 3. The Bertz CT molecular complexity index is 1040. The minimum Gasteiger partial charge on any atom is -0.339 e. The summed E-state index contributed by atoms with van der Waals surface area (Å²) in [5.74, 6) is -1.92. The van der Waals surface area contributed by atoms with E-state index in [0.717, 1.165) is 32.2 Å². The molecule has 2 atom stereocenters. The average molecular weight is 413 g/mol. The maximum absolute atomic E-state index is 13.4. The molecule has 3 N–H and O–H groups in total. The fraction of sp³-hybridized carbons (Fsp3) is 0.429. The minimum atomic E-state index is -1.01. The third-order valence-corrected chi connectivity index (χ3v) is 5.72. The zero-order chi connectivity index (χ0) is 21.3. The van der Waals surface area contributed by atoms with Gasteiger partial charge in [0.1, 0.15) is 11.6 Å². The van der Waals surface area contributed by atoms with Crippen molar-refractivity contribution >= 4 is 29.3 Å². The second-order valence-electron chi connectivity index (χ2n) is 7.71. The van der Waals surface area contributed by atoms with Crippen LogP contribution in [0.4, 0.5) is 21.8 Å². The molecule has 2 aliphatic rings. The number of aromatic amines is 1. The topological polar surface area (TPSA) is 107 Å². The zero-order valence-electron chi connectivity index (χ0n) is 16.7. The molecule has 0 saturated carbocycles. The SMILES string of the molecule is CC[C@H]1CCCCN1c1nc2c(c(=O)[nH]1)[C@@H](C(=O)Nc1cccc(F)c1)CC(=O)N2. The van der Waals surface area contributed by atoms with Gasteiger partial charge in [-0.1, -0.05) is 13.0 Å². The van der Waals surface area contributed by atoms with Gasteiger partial charge in [0.15, 0.2) is 0 Å². The van der Waals surface area contributed by atoms with E-state index in [1.54, 1.807) is 0 Å². The first-order valence-corrected chi connectivity index (χ1v) is 10.2. The Morgan fingerprint density at radius 2 is 2.17 bits per heavy atom. The van der Waals surface area contributed by atoms with E-state index in [1.165, 1.54) is 24.3 Å². The Labute approximate surface area is 172 Å². The highest BCUT2D eigenvalue weighted by Gasteiger charge is 2.35. The largest absolute Gasteiger partial charge is 0.339 e. The van der Waals surface area contributed by atoms with Crippen LogP contribution in [0.1, 0.15) is 50.5 Å². The van der Waals surface area contributed by atoms with Crippen LogP contribution in [0.15, 0.2) is 29.1 Å². The molecule has 0 unspecified atom stereocenters. The summed E-state index contributed by atoms with van der Waals surface area (Å²) in [6.07, 6.45) is 3.89. The Kier molecular flexibility index (Phi) is 5.52. The van der Waals surface area contributed by atoms with Crippen molar-refractivity contribution < 1.29 is 14.0 Å². The van der Waals surface area contributed by atoms with Crippen molar-refractivity contribution in [3.8, 4) is 0 Å². The number of hydrogen-bond donors (Lipinski definition) is 3. The van der Waals surface area contributed by atoms with Crippen LogP contribution >= 0.6 is 0 Å². The first-order valence-electron chi connectivity index (χ1n) is 10.2. The molecule has 2 amide bonds. The molecule has 0 radical (unpaired) electrons. The Morgan fingerprint density at radius 1 is 1.33 bits per heavy atom. The van der Waals surface area contributed by atoms with Crippen molar-refractivity contribution in [1.29, 1.82) is 0 Å². The van der Waals surface area contributed by atoms with E-state index in [9.17, 15) is 18.8 Å². The molecule has 0 aliphatic carbocycles. The monoisotopic (exact) mass is 413 g/mol. The summed E-state index contributed by atoms with van der Waals surface area (Å²) in [6.45, 7) is 2.87. The number of anilines is 3. The number of carbonyl (C=O) groups is 2. The second kappa shape index (κ2) is 8.25. The number of piperidine rings is 1. The van der Waals surface area contributed by atoms with Crippen LogP contribution in [0, 0.1) is 5.82 Å². The van der Waals surface area contributed by atoms with Gasteiger partial charge in [0.2, 0.25) is 17.8 Å². The summed E-state index contributed by atoms with van der Waals surface area (Å²) < 4.78 is 13.4. The predicted molar refractivity (Wildman–Crippen MR) is 111 cm³/mol. The fourth-order valence-electron chi connectivity index (χ4n) is 4.22. The van der Waals surface area contributed by atoms with Crippen molar-refractivity contribution in [3.05, 3.63) is 46.0 Å². The molecule has 3 heterocycles. The molecular formula is C21H24FN5O3. The number of aromatic nitrogens is 2. The lowest BCUT2D eigenvalue weighted by atomic mass is 9.92. The lowest BCUT2D eigenvalue weighted by Crippen LogP contribution is -2.43. The Hall–Kier alpha value is -3.23. The van der Waals surface area contributed by atoms with E-state index in [2.05, 4.69) is 32.4 Å². The molecule has 4 rings (SSSR count). The molecule has 1 saturated heterocycles. The lowest BCUT2D eigenvalue weighted by molar-refractivity contribution is -0.123. The lowest BCUT2D eigenvalue weighted by Gasteiger charge is -2.36. The van der Waals surface area contributed by atoms with E-state index in [0.29, 0.717) is 5.95 Å². The summed E-state index contributed by atoms with van der Waals surface area (Å²) in [6, 6.07) is 5.72. The van der Waals surface area contributed by atoms with Gasteiger partial charge in [0.05, 0.1) is 11.5 Å². The number of halogens is 1. The Balaban J connectivity index is 1.66. The molecule has 0 spiro atoms. The molecule has 1 fully saturated rings. The van der Waals surface area contributed by atoms with E-state index in [-0.39, 0.29) is 29.5 Å². The highest BCUT2D eigenvalue weighted by atomic mass is 19.1. The van der Waals surface area contributed by atoms with Crippen molar-refractivity contribution in [1.82, 2.24) is 9.97 Å². The number of benzene rings is 1. The fourth-order valence-corrected chi connectivity index (χ4v) is 4.22. The second-order valence-corrected chi connectivity index (χ2v) is 7.71. The normalized spacial score (nSPS) is 21.0. The number of nitrogens with zero attached hydrogens (tertiary/aromatic N) is 2. The number of carbonyl (C=O) groups excluding carboxylic acids is 2. The van der Waals surface area contributed by atoms with Crippen LogP contribution in [0.25, 0.3) is 0 Å². The predicted octanol–water partition coefficient (Wildman–Crippen LogP) is 2.74. The molecule has 30 heavy (non-hydrogen) atoms. The summed E-state index contributed by atoms with van der Waals surface area (Å²) in [7, 11) is 0. The third kappa shape index (κ3) is 3.92. The van der Waals surface area contributed by atoms with Gasteiger partial charge in [-0.25, -0.2) is 4.39 Å². The quantitative estimate of drug-likeness (QED) is 0.715. The average Bonchev–Trinajstić information content (AvgIpc) is 2.72. The van der Waals surface area contributed by atoms with Crippen LogP contribution in [0.5, 0.6) is 0 Å². The molecule has 8 nitrogen and oxygen atoms in total. The van der Waals surface area contributed by atoms with Gasteiger partial charge in [-0.15, -0.1) is 0 Å². The molecule has 2 aromatic rings. The first-order chi connectivity index (χ1) is 14.5. The molecule has 2 aliphatic heterocycles. The van der Waals surface area contributed by atoms with E-state index in [4.69, 9.17) is 0 Å². The maximum Gasteiger partial charge on any atom is 0.258 e. The maximum atomic E-state index is 13.4. The van der Waals surface area contributed by atoms with Gasteiger partial charge in [-0.2, -0.15) is 4.98 Å². The molecule has 9 heteroatoms.